The van der Waals surface area contributed by atoms with Gasteiger partial charge in [0.05, 0.1) is 11.4 Å². The monoisotopic (exact) mass is 300 g/mol. The largest absolute Gasteiger partial charge is 0.278 e. The first-order valence-electron chi connectivity index (χ1n) is 7.75. The molecule has 23 heavy (non-hydrogen) atoms. The van der Waals surface area contributed by atoms with Crippen LogP contribution in [0.2, 0.25) is 0 Å². The molecule has 1 N–H and O–H groups in total. The third-order valence-electron chi connectivity index (χ3n) is 3.81. The summed E-state index contributed by atoms with van der Waals surface area (Å²) in [6, 6.07) is 27.1. The Labute approximate surface area is 137 Å². The van der Waals surface area contributed by atoms with Crippen LogP contribution in [0, 0.1) is 6.92 Å². The lowest BCUT2D eigenvalue weighted by molar-refractivity contribution is 1.31. The quantitative estimate of drug-likeness (QED) is 0.499. The van der Waals surface area contributed by atoms with Gasteiger partial charge in [0.25, 0.3) is 0 Å². The number of benzene rings is 3. The molecule has 0 bridgehead atoms. The molecule has 0 aliphatic heterocycles. The van der Waals surface area contributed by atoms with Gasteiger partial charge in [0.1, 0.15) is 0 Å². The topological polar surface area (TPSA) is 24.4 Å². The third kappa shape index (κ3) is 3.86. The lowest BCUT2D eigenvalue weighted by atomic mass is 10.0. The number of anilines is 1. The van der Waals surface area contributed by atoms with E-state index in [2.05, 4.69) is 78.1 Å². The second-order valence-electron chi connectivity index (χ2n) is 5.62. The van der Waals surface area contributed by atoms with E-state index in [0.717, 1.165) is 17.0 Å². The highest BCUT2D eigenvalue weighted by Gasteiger charge is 2.00. The maximum absolute atomic E-state index is 4.46. The predicted molar refractivity (Wildman–Crippen MR) is 98.9 cm³/mol. The standard InChI is InChI=1S/C21H20N2/c1-16-8-14-21(15-9-16)23-22-17(2)18-10-12-20(13-11-18)19-6-4-3-5-7-19/h3-15,23H,1-2H3/b22-17-. The van der Waals surface area contributed by atoms with Gasteiger partial charge < -0.3 is 0 Å². The highest BCUT2D eigenvalue weighted by atomic mass is 15.3. The number of hydrogen-bond acceptors (Lipinski definition) is 2. The van der Waals surface area contributed by atoms with E-state index in [1.54, 1.807) is 0 Å². The van der Waals surface area contributed by atoms with Crippen molar-refractivity contribution in [2.75, 3.05) is 5.43 Å². The summed E-state index contributed by atoms with van der Waals surface area (Å²) in [5.74, 6) is 0. The van der Waals surface area contributed by atoms with Crippen molar-refractivity contribution >= 4 is 11.4 Å². The van der Waals surface area contributed by atoms with Gasteiger partial charge in [0.15, 0.2) is 0 Å². The van der Waals surface area contributed by atoms with Gasteiger partial charge in [0.2, 0.25) is 0 Å². The van der Waals surface area contributed by atoms with Crippen LogP contribution in [0.4, 0.5) is 5.69 Å². The summed E-state index contributed by atoms with van der Waals surface area (Å²) in [6.45, 7) is 4.09. The summed E-state index contributed by atoms with van der Waals surface area (Å²) in [7, 11) is 0. The van der Waals surface area contributed by atoms with Crippen molar-refractivity contribution in [1.29, 1.82) is 0 Å². The first-order chi connectivity index (χ1) is 11.2. The van der Waals surface area contributed by atoms with Crippen molar-refractivity contribution in [3.05, 3.63) is 90.0 Å². The maximum Gasteiger partial charge on any atom is 0.0648 e. The average molecular weight is 300 g/mol. The fraction of sp³-hybridized carbons (Fsp3) is 0.0952. The zero-order valence-corrected chi connectivity index (χ0v) is 13.5. The van der Waals surface area contributed by atoms with Gasteiger partial charge in [-0.1, -0.05) is 72.3 Å². The molecule has 0 aliphatic carbocycles. The molecule has 0 heterocycles. The Morgan fingerprint density at radius 3 is 2.00 bits per heavy atom. The molecule has 3 aromatic carbocycles. The molecule has 2 heteroatoms. The Kier molecular flexibility index (Phi) is 4.53. The highest BCUT2D eigenvalue weighted by Crippen LogP contribution is 2.19. The Hall–Kier alpha value is -2.87. The number of hydrazone groups is 1. The minimum atomic E-state index is 0.963. The molecular formula is C21H20N2. The van der Waals surface area contributed by atoms with Crippen LogP contribution in [0.3, 0.4) is 0 Å². The Morgan fingerprint density at radius 2 is 1.35 bits per heavy atom. The molecule has 0 saturated carbocycles. The SMILES string of the molecule is C/C(=N/Nc1ccc(C)cc1)c1ccc(-c2ccccc2)cc1. The van der Waals surface area contributed by atoms with Gasteiger partial charge in [-0.3, -0.25) is 5.43 Å². The van der Waals surface area contributed by atoms with Crippen molar-refractivity contribution in [3.8, 4) is 11.1 Å². The van der Waals surface area contributed by atoms with E-state index < -0.39 is 0 Å². The van der Waals surface area contributed by atoms with Crippen molar-refractivity contribution in [2.24, 2.45) is 5.10 Å². The molecule has 114 valence electrons. The molecule has 3 rings (SSSR count). The number of nitrogens with zero attached hydrogens (tertiary/aromatic N) is 1. The zero-order chi connectivity index (χ0) is 16.1. The first-order valence-corrected chi connectivity index (χ1v) is 7.75. The van der Waals surface area contributed by atoms with Crippen LogP contribution in [-0.2, 0) is 0 Å². The lowest BCUT2D eigenvalue weighted by Gasteiger charge is -2.06. The van der Waals surface area contributed by atoms with E-state index in [1.807, 2.05) is 25.1 Å². The summed E-state index contributed by atoms with van der Waals surface area (Å²) in [5.41, 5.74) is 9.87. The van der Waals surface area contributed by atoms with E-state index in [-0.39, 0.29) is 0 Å². The van der Waals surface area contributed by atoms with Crippen molar-refractivity contribution in [1.82, 2.24) is 0 Å². The van der Waals surface area contributed by atoms with E-state index in [0.29, 0.717) is 0 Å². The molecule has 0 amide bonds. The van der Waals surface area contributed by atoms with Gasteiger partial charge in [-0.2, -0.15) is 5.10 Å². The van der Waals surface area contributed by atoms with Gasteiger partial charge >= 0.3 is 0 Å². The lowest BCUT2D eigenvalue weighted by Crippen LogP contribution is -1.99. The zero-order valence-electron chi connectivity index (χ0n) is 13.5. The van der Waals surface area contributed by atoms with E-state index in [9.17, 15) is 0 Å². The fourth-order valence-electron chi connectivity index (χ4n) is 2.38. The van der Waals surface area contributed by atoms with Crippen LogP contribution in [0.25, 0.3) is 11.1 Å². The maximum atomic E-state index is 4.46. The third-order valence-corrected chi connectivity index (χ3v) is 3.81. The molecule has 0 atom stereocenters. The van der Waals surface area contributed by atoms with E-state index >= 15 is 0 Å². The highest BCUT2D eigenvalue weighted by molar-refractivity contribution is 5.99. The van der Waals surface area contributed by atoms with Crippen molar-refractivity contribution < 1.29 is 0 Å². The van der Waals surface area contributed by atoms with Crippen LogP contribution in [0.15, 0.2) is 84.0 Å². The molecule has 3 aromatic rings. The second-order valence-corrected chi connectivity index (χ2v) is 5.62. The summed E-state index contributed by atoms with van der Waals surface area (Å²) in [5, 5.41) is 4.46. The number of aryl methyl sites for hydroxylation is 1. The molecule has 0 spiro atoms. The molecule has 0 unspecified atom stereocenters. The normalized spacial score (nSPS) is 11.3. The van der Waals surface area contributed by atoms with Gasteiger partial charge in [-0.05, 0) is 42.7 Å². The molecule has 0 aromatic heterocycles. The van der Waals surface area contributed by atoms with Crippen molar-refractivity contribution in [3.63, 3.8) is 0 Å². The summed E-state index contributed by atoms with van der Waals surface area (Å²) < 4.78 is 0. The number of rotatable bonds is 4. The fourth-order valence-corrected chi connectivity index (χ4v) is 2.38. The van der Waals surface area contributed by atoms with E-state index in [4.69, 9.17) is 0 Å². The van der Waals surface area contributed by atoms with Crippen LogP contribution < -0.4 is 5.43 Å². The van der Waals surface area contributed by atoms with Crippen LogP contribution in [0.5, 0.6) is 0 Å². The second kappa shape index (κ2) is 6.93. The van der Waals surface area contributed by atoms with Gasteiger partial charge in [-0.15, -0.1) is 0 Å². The summed E-state index contributed by atoms with van der Waals surface area (Å²) in [6.07, 6.45) is 0. The summed E-state index contributed by atoms with van der Waals surface area (Å²) in [4.78, 5) is 0. The minimum absolute atomic E-state index is 0.963. The molecule has 0 saturated heterocycles. The Morgan fingerprint density at radius 1 is 0.739 bits per heavy atom. The van der Waals surface area contributed by atoms with Crippen LogP contribution >= 0.6 is 0 Å². The molecule has 2 nitrogen and oxygen atoms in total. The minimum Gasteiger partial charge on any atom is -0.278 e. The average Bonchev–Trinajstić information content (AvgIpc) is 2.62. The van der Waals surface area contributed by atoms with E-state index in [1.165, 1.54) is 16.7 Å². The Bertz CT molecular complexity index is 786. The number of nitrogens with one attached hydrogen (secondary N) is 1. The van der Waals surface area contributed by atoms with Crippen molar-refractivity contribution in [2.45, 2.75) is 13.8 Å². The summed E-state index contributed by atoms with van der Waals surface area (Å²) >= 11 is 0. The first kappa shape index (κ1) is 15.0. The van der Waals surface area contributed by atoms with Crippen LogP contribution in [0.1, 0.15) is 18.1 Å². The molecule has 0 aliphatic rings. The molecular weight excluding hydrogens is 280 g/mol. The predicted octanol–water partition coefficient (Wildman–Crippen LogP) is 5.50. The van der Waals surface area contributed by atoms with Gasteiger partial charge in [0, 0.05) is 0 Å². The molecule has 0 fully saturated rings. The number of hydrogen-bond donors (Lipinski definition) is 1. The Balaban J connectivity index is 1.73. The van der Waals surface area contributed by atoms with Crippen LogP contribution in [-0.4, -0.2) is 5.71 Å². The smallest absolute Gasteiger partial charge is 0.0648 e. The molecule has 0 radical (unpaired) electrons. The van der Waals surface area contributed by atoms with Gasteiger partial charge in [-0.25, -0.2) is 0 Å².